The quantitative estimate of drug-likeness (QED) is 0.550. The predicted molar refractivity (Wildman–Crippen MR) is 98.8 cm³/mol. The highest BCUT2D eigenvalue weighted by Gasteiger charge is 2.22. The van der Waals surface area contributed by atoms with E-state index in [0.717, 1.165) is 28.1 Å². The number of phenols is 1. The largest absolute Gasteiger partial charge is 0.505 e. The van der Waals surface area contributed by atoms with E-state index < -0.39 is 0 Å². The van der Waals surface area contributed by atoms with Crippen LogP contribution in [0, 0.1) is 6.92 Å². The van der Waals surface area contributed by atoms with Crippen molar-refractivity contribution in [2.24, 2.45) is 0 Å². The highest BCUT2D eigenvalue weighted by Crippen LogP contribution is 2.36. The summed E-state index contributed by atoms with van der Waals surface area (Å²) in [5.41, 5.74) is 3.14. The Bertz CT molecular complexity index is 995. The van der Waals surface area contributed by atoms with Gasteiger partial charge in [-0.2, -0.15) is 0 Å². The van der Waals surface area contributed by atoms with Crippen LogP contribution in [0.5, 0.6) is 5.75 Å². The first-order valence-corrected chi connectivity index (χ1v) is 8.16. The number of nitrogens with one attached hydrogen (secondary N) is 1. The van der Waals surface area contributed by atoms with Gasteiger partial charge in [-0.05, 0) is 37.3 Å². The number of fused-ring (bicyclic) bond motifs is 1. The van der Waals surface area contributed by atoms with E-state index in [2.05, 4.69) is 10.3 Å². The van der Waals surface area contributed by atoms with Crippen LogP contribution in [0.15, 0.2) is 77.4 Å². The van der Waals surface area contributed by atoms with Gasteiger partial charge in [-0.3, -0.25) is 0 Å². The standard InChI is InChI=1S/C21H18N2O2/c1-14-9-10-15-11-12-17(21(24)19(15)22-14)20(18-8-5-13-25-18)23-16-6-3-2-4-7-16/h2-13,20,23-24H,1H3. The number of aromatic hydroxyl groups is 1. The molecule has 2 N–H and O–H groups in total. The molecule has 1 unspecified atom stereocenters. The minimum absolute atomic E-state index is 0.172. The molecule has 0 amide bonds. The van der Waals surface area contributed by atoms with Gasteiger partial charge in [0.2, 0.25) is 0 Å². The van der Waals surface area contributed by atoms with Crippen molar-refractivity contribution in [2.75, 3.05) is 5.32 Å². The van der Waals surface area contributed by atoms with E-state index in [1.54, 1.807) is 6.26 Å². The number of furan rings is 1. The van der Waals surface area contributed by atoms with Gasteiger partial charge in [0.15, 0.2) is 0 Å². The average Bonchev–Trinajstić information content (AvgIpc) is 3.16. The number of rotatable bonds is 4. The minimum Gasteiger partial charge on any atom is -0.505 e. The van der Waals surface area contributed by atoms with E-state index in [0.29, 0.717) is 5.52 Å². The number of nitrogens with zero attached hydrogens (tertiary/aromatic N) is 1. The third-order valence-electron chi connectivity index (χ3n) is 4.23. The lowest BCUT2D eigenvalue weighted by molar-refractivity contribution is 0.458. The van der Waals surface area contributed by atoms with Crippen LogP contribution in [0.3, 0.4) is 0 Å². The molecule has 4 heteroatoms. The molecule has 2 aromatic heterocycles. The van der Waals surface area contributed by atoms with Gasteiger partial charge in [0.05, 0.1) is 6.26 Å². The minimum atomic E-state index is -0.316. The molecule has 0 saturated heterocycles. The molecule has 0 spiro atoms. The van der Waals surface area contributed by atoms with Gasteiger partial charge in [-0.15, -0.1) is 0 Å². The van der Waals surface area contributed by atoms with Crippen molar-refractivity contribution in [3.63, 3.8) is 0 Å². The second-order valence-corrected chi connectivity index (χ2v) is 5.99. The number of hydrogen-bond acceptors (Lipinski definition) is 4. The topological polar surface area (TPSA) is 58.3 Å². The Balaban J connectivity index is 1.84. The van der Waals surface area contributed by atoms with Crippen molar-refractivity contribution in [1.82, 2.24) is 4.98 Å². The zero-order valence-electron chi connectivity index (χ0n) is 13.8. The maximum Gasteiger partial charge on any atom is 0.147 e. The first-order valence-electron chi connectivity index (χ1n) is 8.16. The van der Waals surface area contributed by atoms with Crippen molar-refractivity contribution < 1.29 is 9.52 Å². The zero-order chi connectivity index (χ0) is 17.2. The summed E-state index contributed by atoms with van der Waals surface area (Å²) >= 11 is 0. The number of aryl methyl sites for hydroxylation is 1. The molecule has 4 rings (SSSR count). The maximum absolute atomic E-state index is 10.9. The summed E-state index contributed by atoms with van der Waals surface area (Å²) in [6.45, 7) is 1.91. The van der Waals surface area contributed by atoms with Gasteiger partial charge < -0.3 is 14.8 Å². The van der Waals surface area contributed by atoms with Gasteiger partial charge in [0, 0.05) is 22.3 Å². The third-order valence-corrected chi connectivity index (χ3v) is 4.23. The lowest BCUT2D eigenvalue weighted by atomic mass is 10.00. The van der Waals surface area contributed by atoms with Crippen LogP contribution in [0.1, 0.15) is 23.1 Å². The van der Waals surface area contributed by atoms with E-state index in [1.807, 2.05) is 73.7 Å². The molecule has 0 aliphatic heterocycles. The summed E-state index contributed by atoms with van der Waals surface area (Å²) in [6, 6.07) is 21.1. The molecule has 0 fully saturated rings. The fraction of sp³-hybridized carbons (Fsp3) is 0.0952. The monoisotopic (exact) mass is 330 g/mol. The van der Waals surface area contributed by atoms with Crippen LogP contribution in [0.25, 0.3) is 10.9 Å². The maximum atomic E-state index is 10.9. The molecule has 4 nitrogen and oxygen atoms in total. The lowest BCUT2D eigenvalue weighted by Crippen LogP contribution is -2.12. The number of aromatic nitrogens is 1. The van der Waals surface area contributed by atoms with Gasteiger partial charge in [-0.1, -0.05) is 36.4 Å². The second-order valence-electron chi connectivity index (χ2n) is 5.99. The number of anilines is 1. The molecule has 1 atom stereocenters. The van der Waals surface area contributed by atoms with E-state index in [1.165, 1.54) is 0 Å². The van der Waals surface area contributed by atoms with Gasteiger partial charge in [0.25, 0.3) is 0 Å². The van der Waals surface area contributed by atoms with Crippen LogP contribution in [0.2, 0.25) is 0 Å². The summed E-state index contributed by atoms with van der Waals surface area (Å²) < 4.78 is 5.62. The fourth-order valence-corrected chi connectivity index (χ4v) is 2.98. The van der Waals surface area contributed by atoms with Crippen molar-refractivity contribution in [2.45, 2.75) is 13.0 Å². The Labute approximate surface area is 145 Å². The molecule has 0 radical (unpaired) electrons. The normalized spacial score (nSPS) is 12.2. The van der Waals surface area contributed by atoms with Crippen LogP contribution in [-0.2, 0) is 0 Å². The molecule has 2 aromatic carbocycles. The highest BCUT2D eigenvalue weighted by molar-refractivity contribution is 5.86. The number of para-hydroxylation sites is 1. The second kappa shape index (κ2) is 6.32. The molecule has 0 aliphatic rings. The van der Waals surface area contributed by atoms with E-state index in [-0.39, 0.29) is 11.8 Å². The predicted octanol–water partition coefficient (Wildman–Crippen LogP) is 5.04. The van der Waals surface area contributed by atoms with Crippen molar-refractivity contribution in [3.05, 3.63) is 90.0 Å². The van der Waals surface area contributed by atoms with E-state index in [4.69, 9.17) is 4.42 Å². The molecule has 0 bridgehead atoms. The summed E-state index contributed by atoms with van der Waals surface area (Å²) in [5, 5.41) is 15.2. The summed E-state index contributed by atoms with van der Waals surface area (Å²) in [7, 11) is 0. The molecule has 124 valence electrons. The Morgan fingerprint density at radius 2 is 1.76 bits per heavy atom. The number of pyridine rings is 1. The average molecular weight is 330 g/mol. The Morgan fingerprint density at radius 1 is 0.960 bits per heavy atom. The third kappa shape index (κ3) is 2.94. The van der Waals surface area contributed by atoms with E-state index >= 15 is 0 Å². The van der Waals surface area contributed by atoms with Gasteiger partial charge in [0.1, 0.15) is 23.1 Å². The van der Waals surface area contributed by atoms with Gasteiger partial charge in [-0.25, -0.2) is 4.98 Å². The first kappa shape index (κ1) is 15.3. The molecular weight excluding hydrogens is 312 g/mol. The van der Waals surface area contributed by atoms with Crippen LogP contribution in [0.4, 0.5) is 5.69 Å². The number of hydrogen-bond donors (Lipinski definition) is 2. The SMILES string of the molecule is Cc1ccc2ccc(C(Nc3ccccc3)c3ccco3)c(O)c2n1. The summed E-state index contributed by atoms with van der Waals surface area (Å²) in [6.07, 6.45) is 1.63. The first-order chi connectivity index (χ1) is 12.2. The van der Waals surface area contributed by atoms with Gasteiger partial charge >= 0.3 is 0 Å². The summed E-state index contributed by atoms with van der Waals surface area (Å²) in [4.78, 5) is 4.50. The molecule has 2 heterocycles. The van der Waals surface area contributed by atoms with Crippen LogP contribution >= 0.6 is 0 Å². The Morgan fingerprint density at radius 3 is 2.52 bits per heavy atom. The number of benzene rings is 2. The van der Waals surface area contributed by atoms with Crippen molar-refractivity contribution in [3.8, 4) is 5.75 Å². The molecular formula is C21H18N2O2. The zero-order valence-corrected chi connectivity index (χ0v) is 13.8. The lowest BCUT2D eigenvalue weighted by Gasteiger charge is -2.20. The summed E-state index contributed by atoms with van der Waals surface area (Å²) in [5.74, 6) is 0.900. The Hall–Kier alpha value is -3.27. The fourth-order valence-electron chi connectivity index (χ4n) is 2.98. The smallest absolute Gasteiger partial charge is 0.147 e. The molecule has 0 aliphatic carbocycles. The number of phenolic OH excluding ortho intramolecular Hbond substituents is 1. The highest BCUT2D eigenvalue weighted by atomic mass is 16.3. The van der Waals surface area contributed by atoms with Crippen molar-refractivity contribution in [1.29, 1.82) is 0 Å². The Kier molecular flexibility index (Phi) is 3.86. The van der Waals surface area contributed by atoms with E-state index in [9.17, 15) is 5.11 Å². The van der Waals surface area contributed by atoms with Crippen LogP contribution in [-0.4, -0.2) is 10.1 Å². The van der Waals surface area contributed by atoms with Crippen LogP contribution < -0.4 is 5.32 Å². The molecule has 0 saturated carbocycles. The van der Waals surface area contributed by atoms with Crippen molar-refractivity contribution >= 4 is 16.6 Å². The molecule has 4 aromatic rings. The molecule has 25 heavy (non-hydrogen) atoms.